The highest BCUT2D eigenvalue weighted by Crippen LogP contribution is 2.36. The number of thiol groups is 1. The monoisotopic (exact) mass is 230 g/mol. The average Bonchev–Trinajstić information content (AvgIpc) is 2.55. The van der Waals surface area contributed by atoms with Gasteiger partial charge in [0.05, 0.1) is 13.8 Å². The lowest BCUT2D eigenvalue weighted by Gasteiger charge is -1.94. The van der Waals surface area contributed by atoms with Gasteiger partial charge in [0.25, 0.3) is 0 Å². The van der Waals surface area contributed by atoms with Gasteiger partial charge in [0, 0.05) is 0 Å². The minimum Gasteiger partial charge on any atom is -0.206 e. The molecule has 0 saturated heterocycles. The molecule has 1 aromatic carbocycles. The smallest absolute Gasteiger partial charge is 0.137 e. The SMILES string of the molecule is CSc1cc2ccc(F)c(S)c2s1. The topological polar surface area (TPSA) is 0 Å². The Labute approximate surface area is 89.6 Å². The van der Waals surface area contributed by atoms with E-state index in [4.69, 9.17) is 0 Å². The zero-order valence-corrected chi connectivity index (χ0v) is 9.40. The van der Waals surface area contributed by atoms with Crippen molar-refractivity contribution in [1.82, 2.24) is 0 Å². The molecule has 0 unspecified atom stereocenters. The largest absolute Gasteiger partial charge is 0.206 e. The number of rotatable bonds is 1. The van der Waals surface area contributed by atoms with Crippen LogP contribution in [-0.2, 0) is 0 Å². The molecule has 1 heterocycles. The highest BCUT2D eigenvalue weighted by atomic mass is 32.2. The van der Waals surface area contributed by atoms with Crippen LogP contribution in [0.1, 0.15) is 0 Å². The molecule has 0 nitrogen and oxygen atoms in total. The van der Waals surface area contributed by atoms with E-state index in [0.29, 0.717) is 4.90 Å². The molecule has 0 N–H and O–H groups in total. The number of thiophene rings is 1. The van der Waals surface area contributed by atoms with Crippen molar-refractivity contribution in [1.29, 1.82) is 0 Å². The fourth-order valence-corrected chi connectivity index (χ4v) is 3.14. The first kappa shape index (κ1) is 9.37. The number of fused-ring (bicyclic) bond motifs is 1. The zero-order valence-electron chi connectivity index (χ0n) is 6.87. The number of hydrogen-bond acceptors (Lipinski definition) is 3. The van der Waals surface area contributed by atoms with Gasteiger partial charge in [-0.2, -0.15) is 0 Å². The fourth-order valence-electron chi connectivity index (χ4n) is 1.14. The van der Waals surface area contributed by atoms with Gasteiger partial charge in [-0.1, -0.05) is 6.07 Å². The third-order valence-corrected chi connectivity index (χ3v) is 4.61. The molecule has 1 aromatic heterocycles. The van der Waals surface area contributed by atoms with Gasteiger partial charge in [0.1, 0.15) is 5.82 Å². The number of thioether (sulfide) groups is 1. The maximum absolute atomic E-state index is 13.1. The highest BCUT2D eigenvalue weighted by molar-refractivity contribution is 8.00. The molecule has 0 fully saturated rings. The van der Waals surface area contributed by atoms with Gasteiger partial charge in [-0.15, -0.1) is 35.7 Å². The van der Waals surface area contributed by atoms with Crippen LogP contribution in [0.15, 0.2) is 27.3 Å². The molecule has 0 radical (unpaired) electrons. The minimum atomic E-state index is -0.245. The molecular weight excluding hydrogens is 223 g/mol. The lowest BCUT2D eigenvalue weighted by atomic mass is 10.2. The van der Waals surface area contributed by atoms with Gasteiger partial charge in [0.2, 0.25) is 0 Å². The van der Waals surface area contributed by atoms with E-state index < -0.39 is 0 Å². The molecule has 4 heteroatoms. The number of hydrogen-bond donors (Lipinski definition) is 1. The summed E-state index contributed by atoms with van der Waals surface area (Å²) in [5, 5.41) is 1.07. The summed E-state index contributed by atoms with van der Waals surface area (Å²) in [6, 6.07) is 5.31. The van der Waals surface area contributed by atoms with E-state index in [0.717, 1.165) is 10.1 Å². The van der Waals surface area contributed by atoms with E-state index >= 15 is 0 Å². The van der Waals surface area contributed by atoms with Gasteiger partial charge in [0.15, 0.2) is 0 Å². The van der Waals surface area contributed by atoms with Crippen LogP contribution in [-0.4, -0.2) is 6.26 Å². The van der Waals surface area contributed by atoms with Crippen molar-refractivity contribution in [3.8, 4) is 0 Å². The molecule has 0 aliphatic carbocycles. The Morgan fingerprint density at radius 2 is 2.23 bits per heavy atom. The van der Waals surface area contributed by atoms with Gasteiger partial charge in [-0.25, -0.2) is 4.39 Å². The van der Waals surface area contributed by atoms with Crippen molar-refractivity contribution in [3.63, 3.8) is 0 Å². The quantitative estimate of drug-likeness (QED) is 0.569. The molecule has 2 aromatic rings. The molecule has 0 spiro atoms. The van der Waals surface area contributed by atoms with E-state index in [1.54, 1.807) is 29.2 Å². The summed E-state index contributed by atoms with van der Waals surface area (Å²) in [5.74, 6) is -0.245. The van der Waals surface area contributed by atoms with Crippen LogP contribution >= 0.6 is 35.7 Å². The highest BCUT2D eigenvalue weighted by Gasteiger charge is 2.07. The van der Waals surface area contributed by atoms with E-state index in [2.05, 4.69) is 18.7 Å². The third kappa shape index (κ3) is 1.58. The summed E-state index contributed by atoms with van der Waals surface area (Å²) < 4.78 is 15.2. The first-order valence-corrected chi connectivity index (χ1v) is 6.16. The van der Waals surface area contributed by atoms with Crippen molar-refractivity contribution in [2.75, 3.05) is 6.26 Å². The lowest BCUT2D eigenvalue weighted by Crippen LogP contribution is -1.75. The molecule has 0 atom stereocenters. The first-order chi connectivity index (χ1) is 6.22. The second-order valence-corrected chi connectivity index (χ2v) is 5.19. The molecule has 68 valence electrons. The normalized spacial score (nSPS) is 11.0. The van der Waals surface area contributed by atoms with Crippen molar-refractivity contribution in [2.24, 2.45) is 0 Å². The van der Waals surface area contributed by atoms with Crippen LogP contribution in [0.4, 0.5) is 4.39 Å². The molecule has 0 aliphatic rings. The third-order valence-electron chi connectivity index (χ3n) is 1.79. The maximum atomic E-state index is 13.1. The second-order valence-electron chi connectivity index (χ2n) is 2.58. The Balaban J connectivity index is 2.76. The van der Waals surface area contributed by atoms with E-state index in [-0.39, 0.29) is 5.82 Å². The summed E-state index contributed by atoms with van der Waals surface area (Å²) >= 11 is 7.40. The van der Waals surface area contributed by atoms with Crippen LogP contribution < -0.4 is 0 Å². The maximum Gasteiger partial charge on any atom is 0.137 e. The molecule has 0 bridgehead atoms. The molecule has 0 aliphatic heterocycles. The Morgan fingerprint density at radius 3 is 2.92 bits per heavy atom. The Hall–Kier alpha value is -0.190. The van der Waals surface area contributed by atoms with Crippen molar-refractivity contribution in [2.45, 2.75) is 9.10 Å². The van der Waals surface area contributed by atoms with Gasteiger partial charge in [-0.05, 0) is 23.8 Å². The molecule has 0 amide bonds. The van der Waals surface area contributed by atoms with Crippen molar-refractivity contribution < 1.29 is 4.39 Å². The van der Waals surface area contributed by atoms with E-state index in [9.17, 15) is 4.39 Å². The fraction of sp³-hybridized carbons (Fsp3) is 0.111. The zero-order chi connectivity index (χ0) is 9.42. The van der Waals surface area contributed by atoms with Crippen LogP contribution in [0.3, 0.4) is 0 Å². The molecule has 0 saturated carbocycles. The van der Waals surface area contributed by atoms with Crippen LogP contribution in [0.25, 0.3) is 10.1 Å². The van der Waals surface area contributed by atoms with Crippen molar-refractivity contribution in [3.05, 3.63) is 24.0 Å². The first-order valence-electron chi connectivity index (χ1n) is 3.67. The van der Waals surface area contributed by atoms with Gasteiger partial charge in [-0.3, -0.25) is 0 Å². The summed E-state index contributed by atoms with van der Waals surface area (Å²) in [6.45, 7) is 0. The average molecular weight is 230 g/mol. The Morgan fingerprint density at radius 1 is 1.46 bits per heavy atom. The predicted octanol–water partition coefficient (Wildman–Crippen LogP) is 4.05. The standard InChI is InChI=1S/C9H7FS3/c1-12-7-4-5-2-3-6(10)8(11)9(5)13-7/h2-4,11H,1H3. The number of benzene rings is 1. The molecular formula is C9H7FS3. The van der Waals surface area contributed by atoms with Crippen molar-refractivity contribution >= 4 is 45.8 Å². The van der Waals surface area contributed by atoms with E-state index in [1.165, 1.54) is 10.3 Å². The van der Waals surface area contributed by atoms with Gasteiger partial charge >= 0.3 is 0 Å². The Kier molecular flexibility index (Phi) is 2.53. The summed E-state index contributed by atoms with van der Waals surface area (Å²) in [4.78, 5) is 0.461. The van der Waals surface area contributed by atoms with E-state index in [1.807, 2.05) is 6.26 Å². The second kappa shape index (κ2) is 3.52. The summed E-state index contributed by atoms with van der Waals surface area (Å²) in [6.07, 6.45) is 2.01. The minimum absolute atomic E-state index is 0.245. The summed E-state index contributed by atoms with van der Waals surface area (Å²) in [7, 11) is 0. The molecule has 13 heavy (non-hydrogen) atoms. The number of halogens is 1. The van der Waals surface area contributed by atoms with Crippen LogP contribution in [0.5, 0.6) is 0 Å². The summed E-state index contributed by atoms with van der Waals surface area (Å²) in [5.41, 5.74) is 0. The Bertz CT molecular complexity index is 447. The van der Waals surface area contributed by atoms with Crippen LogP contribution in [0, 0.1) is 5.82 Å². The predicted molar refractivity (Wildman–Crippen MR) is 60.8 cm³/mol. The van der Waals surface area contributed by atoms with Crippen LogP contribution in [0.2, 0.25) is 0 Å². The lowest BCUT2D eigenvalue weighted by molar-refractivity contribution is 0.607. The van der Waals surface area contributed by atoms with Gasteiger partial charge < -0.3 is 0 Å². The molecule has 2 rings (SSSR count).